The summed E-state index contributed by atoms with van der Waals surface area (Å²) in [6.45, 7) is 6.72. The molecule has 4 saturated carbocycles. The third-order valence-electron chi connectivity index (χ3n) is 10.5. The summed E-state index contributed by atoms with van der Waals surface area (Å²) in [5.41, 5.74) is 0.303. The number of rotatable bonds is 1. The van der Waals surface area contributed by atoms with Crippen LogP contribution in [0, 0.1) is 52.3 Å². The van der Waals surface area contributed by atoms with Crippen molar-refractivity contribution >= 4 is 5.78 Å². The number of fused-ring (bicyclic) bond motifs is 5. The highest BCUT2D eigenvalue weighted by molar-refractivity contribution is 5.79. The predicted molar refractivity (Wildman–Crippen MR) is 126 cm³/mol. The number of aromatic hydroxyl groups is 1. The maximum atomic E-state index is 12.4. The molecule has 4 aliphatic rings. The maximum Gasteiger partial charge on any atom is 0.133 e. The molecule has 172 valence electrons. The molecular weight excluding hydrogens is 396 g/mol. The molecule has 1 aromatic carbocycles. The Kier molecular flexibility index (Phi) is 5.25. The molecule has 1 aromatic rings. The van der Waals surface area contributed by atoms with E-state index < -0.39 is 5.60 Å². The van der Waals surface area contributed by atoms with E-state index in [1.165, 1.54) is 32.1 Å². The van der Waals surface area contributed by atoms with Gasteiger partial charge in [-0.15, -0.1) is 0 Å². The summed E-state index contributed by atoms with van der Waals surface area (Å²) >= 11 is 0. The smallest absolute Gasteiger partial charge is 0.133 e. The molecule has 0 radical (unpaired) electrons. The molecule has 0 aliphatic heterocycles. The molecule has 0 heterocycles. The zero-order valence-corrected chi connectivity index (χ0v) is 19.9. The summed E-state index contributed by atoms with van der Waals surface area (Å²) in [6, 6.07) is 6.97. The van der Waals surface area contributed by atoms with Crippen molar-refractivity contribution < 1.29 is 15.0 Å². The average Bonchev–Trinajstić information content (AvgIpc) is 3.11. The molecule has 0 bridgehead atoms. The Morgan fingerprint density at radius 3 is 2.53 bits per heavy atom. The third kappa shape index (κ3) is 3.41. The van der Waals surface area contributed by atoms with E-state index in [2.05, 4.69) is 25.7 Å². The van der Waals surface area contributed by atoms with Gasteiger partial charge in [0.1, 0.15) is 17.1 Å². The van der Waals surface area contributed by atoms with Gasteiger partial charge in [-0.05, 0) is 117 Å². The van der Waals surface area contributed by atoms with Crippen molar-refractivity contribution in [2.75, 3.05) is 0 Å². The molecule has 2 N–H and O–H groups in total. The van der Waals surface area contributed by atoms with Crippen molar-refractivity contribution in [3.8, 4) is 17.6 Å². The average molecular weight is 435 g/mol. The predicted octanol–water partition coefficient (Wildman–Crippen LogP) is 5.72. The normalized spacial score (nSPS) is 45.1. The summed E-state index contributed by atoms with van der Waals surface area (Å²) in [5, 5.41) is 21.1. The second-order valence-electron chi connectivity index (χ2n) is 12.0. The van der Waals surface area contributed by atoms with Gasteiger partial charge in [-0.2, -0.15) is 0 Å². The van der Waals surface area contributed by atoms with Crippen LogP contribution in [0.1, 0.15) is 84.1 Å². The maximum absolute atomic E-state index is 12.4. The van der Waals surface area contributed by atoms with E-state index in [0.717, 1.165) is 37.2 Å². The number of Topliss-reactive ketones (excluding diaryl/α,β-unsaturated/α-hetero) is 1. The minimum atomic E-state index is -0.932. The molecule has 5 rings (SSSR count). The Bertz CT molecular complexity index is 972. The van der Waals surface area contributed by atoms with Crippen LogP contribution in [-0.2, 0) is 4.79 Å². The Hall–Kier alpha value is -1.79. The lowest BCUT2D eigenvalue weighted by molar-refractivity contribution is -0.144. The van der Waals surface area contributed by atoms with E-state index in [4.69, 9.17) is 0 Å². The van der Waals surface area contributed by atoms with Gasteiger partial charge in [-0.3, -0.25) is 4.79 Å². The van der Waals surface area contributed by atoms with Gasteiger partial charge in [-0.1, -0.05) is 31.8 Å². The molecule has 0 unspecified atom stereocenters. The number of phenols is 1. The van der Waals surface area contributed by atoms with E-state index in [0.29, 0.717) is 23.5 Å². The lowest BCUT2D eigenvalue weighted by atomic mass is 9.44. The number of hydrogen-bond acceptors (Lipinski definition) is 3. The molecule has 0 amide bonds. The Morgan fingerprint density at radius 2 is 1.78 bits per heavy atom. The first-order chi connectivity index (χ1) is 15.1. The monoisotopic (exact) mass is 434 g/mol. The number of benzene rings is 1. The van der Waals surface area contributed by atoms with E-state index >= 15 is 0 Å². The zero-order chi connectivity index (χ0) is 22.7. The van der Waals surface area contributed by atoms with E-state index in [1.807, 2.05) is 13.0 Å². The highest BCUT2D eigenvalue weighted by atomic mass is 16.3. The van der Waals surface area contributed by atoms with Crippen LogP contribution in [0.4, 0.5) is 0 Å². The molecule has 0 spiro atoms. The van der Waals surface area contributed by atoms with Crippen LogP contribution >= 0.6 is 0 Å². The number of ketones is 1. The van der Waals surface area contributed by atoms with Gasteiger partial charge in [0.05, 0.1) is 0 Å². The Labute approximate surface area is 193 Å². The van der Waals surface area contributed by atoms with Crippen molar-refractivity contribution in [1.82, 2.24) is 0 Å². The summed E-state index contributed by atoms with van der Waals surface area (Å²) in [7, 11) is 0. The molecule has 3 heteroatoms. The summed E-state index contributed by atoms with van der Waals surface area (Å²) in [5.74, 6) is 9.84. The minimum Gasteiger partial charge on any atom is -0.508 e. The first kappa shape index (κ1) is 22.0. The number of carbonyl (C=O) groups excluding carboxylic acids is 1. The van der Waals surface area contributed by atoms with Gasteiger partial charge in [0.2, 0.25) is 0 Å². The fraction of sp³-hybridized carbons (Fsp3) is 0.690. The number of hydrogen-bond donors (Lipinski definition) is 2. The minimum absolute atomic E-state index is 0.207. The van der Waals surface area contributed by atoms with Crippen LogP contribution in [0.2, 0.25) is 0 Å². The van der Waals surface area contributed by atoms with Crippen molar-refractivity contribution in [2.24, 2.45) is 40.4 Å². The van der Waals surface area contributed by atoms with Gasteiger partial charge in [0.15, 0.2) is 0 Å². The quantitative estimate of drug-likeness (QED) is 0.556. The number of aliphatic hydroxyl groups is 1. The van der Waals surface area contributed by atoms with Gasteiger partial charge < -0.3 is 10.2 Å². The molecule has 32 heavy (non-hydrogen) atoms. The fourth-order valence-corrected chi connectivity index (χ4v) is 8.80. The van der Waals surface area contributed by atoms with E-state index in [-0.39, 0.29) is 22.5 Å². The topological polar surface area (TPSA) is 57.5 Å². The standard InChI is InChI=1S/C29H38O3/c1-19(30)24-9-10-25-23-8-7-21-18-29(32,14-11-20-5-4-6-22(31)17-20)16-15-27(21,2)26(23)12-13-28(24,25)3/h4-6,17,21,23-26,31-32H,7-10,12-13,15-16,18H2,1-3H3/t21-,23+,24-,25+,26+,27+,28-,29-/m1/s1. The number of carbonyl (C=O) groups is 1. The summed E-state index contributed by atoms with van der Waals surface area (Å²) in [6.07, 6.45) is 9.67. The molecular formula is C29H38O3. The van der Waals surface area contributed by atoms with E-state index in [9.17, 15) is 15.0 Å². The van der Waals surface area contributed by atoms with Crippen molar-refractivity contribution in [2.45, 2.75) is 84.2 Å². The van der Waals surface area contributed by atoms with E-state index in [1.54, 1.807) is 18.2 Å². The zero-order valence-electron chi connectivity index (χ0n) is 19.9. The lowest BCUT2D eigenvalue weighted by Gasteiger charge is -2.61. The molecule has 0 aromatic heterocycles. The highest BCUT2D eigenvalue weighted by Gasteiger charge is 2.61. The van der Waals surface area contributed by atoms with Crippen LogP contribution in [0.3, 0.4) is 0 Å². The van der Waals surface area contributed by atoms with Crippen LogP contribution in [0.5, 0.6) is 5.75 Å². The molecule has 4 fully saturated rings. The first-order valence-electron chi connectivity index (χ1n) is 12.7. The highest BCUT2D eigenvalue weighted by Crippen LogP contribution is 2.68. The largest absolute Gasteiger partial charge is 0.508 e. The van der Waals surface area contributed by atoms with Crippen LogP contribution in [0.15, 0.2) is 24.3 Å². The Balaban J connectivity index is 1.35. The summed E-state index contributed by atoms with van der Waals surface area (Å²) < 4.78 is 0. The van der Waals surface area contributed by atoms with Crippen LogP contribution < -0.4 is 0 Å². The van der Waals surface area contributed by atoms with Crippen molar-refractivity contribution in [3.63, 3.8) is 0 Å². The van der Waals surface area contributed by atoms with Crippen LogP contribution in [0.25, 0.3) is 0 Å². The molecule has 8 atom stereocenters. The molecule has 0 saturated heterocycles. The SMILES string of the molecule is CC(=O)[C@H]1CC[C@H]2[C@@H]3CC[C@@H]4C[C@@](O)(C#Cc5cccc(O)c5)CC[C@]4(C)[C@H]3CC[C@]12C. The second kappa shape index (κ2) is 7.63. The van der Waals surface area contributed by atoms with Gasteiger partial charge >= 0.3 is 0 Å². The summed E-state index contributed by atoms with van der Waals surface area (Å²) in [4.78, 5) is 12.4. The fourth-order valence-electron chi connectivity index (χ4n) is 8.80. The number of phenolic OH excluding ortho intramolecular Hbond substituents is 1. The molecule has 4 aliphatic carbocycles. The van der Waals surface area contributed by atoms with Crippen LogP contribution in [-0.4, -0.2) is 21.6 Å². The second-order valence-corrected chi connectivity index (χ2v) is 12.0. The third-order valence-corrected chi connectivity index (χ3v) is 10.5. The lowest BCUT2D eigenvalue weighted by Crippen LogP contribution is -2.56. The van der Waals surface area contributed by atoms with Gasteiger partial charge in [0, 0.05) is 11.5 Å². The van der Waals surface area contributed by atoms with Crippen molar-refractivity contribution in [3.05, 3.63) is 29.8 Å². The van der Waals surface area contributed by atoms with Crippen molar-refractivity contribution in [1.29, 1.82) is 0 Å². The van der Waals surface area contributed by atoms with Gasteiger partial charge in [-0.25, -0.2) is 0 Å². The Morgan fingerprint density at radius 1 is 1.00 bits per heavy atom. The first-order valence-corrected chi connectivity index (χ1v) is 12.7. The molecule has 3 nitrogen and oxygen atoms in total. The van der Waals surface area contributed by atoms with Gasteiger partial charge in [0.25, 0.3) is 0 Å².